The average molecular weight is 286 g/mol. The number of thiazole rings is 1. The molecule has 1 amide bonds. The van der Waals surface area contributed by atoms with Crippen LogP contribution < -0.4 is 11.1 Å². The number of aliphatic hydroxyl groups is 1. The van der Waals surface area contributed by atoms with Gasteiger partial charge in [0.25, 0.3) is 5.91 Å². The molecule has 0 aromatic carbocycles. The van der Waals surface area contributed by atoms with Crippen LogP contribution in [-0.2, 0) is 0 Å². The van der Waals surface area contributed by atoms with Crippen molar-refractivity contribution in [1.29, 1.82) is 0 Å². The third-order valence-corrected chi connectivity index (χ3v) is 3.77. The molecule has 1 unspecified atom stereocenters. The number of nitrogens with one attached hydrogen (secondary N) is 1. The van der Waals surface area contributed by atoms with Crippen LogP contribution in [0.3, 0.4) is 0 Å². The lowest BCUT2D eigenvalue weighted by Crippen LogP contribution is -2.37. The molecule has 0 saturated carbocycles. The number of carbonyl (C=O) groups excluding carboxylic acids is 1. The van der Waals surface area contributed by atoms with Crippen molar-refractivity contribution >= 4 is 28.2 Å². The molecular weight excluding hydrogens is 264 g/mol. The standard InChI is InChI=1S/C12H22N4O2S/c1-7(2)5-14-12-15-10(13)9(19-12)11(18)16(4)8(3)6-17/h7-8,17H,5-6,13H2,1-4H3,(H,14,15). The van der Waals surface area contributed by atoms with E-state index in [4.69, 9.17) is 10.8 Å². The van der Waals surface area contributed by atoms with Crippen molar-refractivity contribution in [2.75, 3.05) is 31.2 Å². The first-order valence-electron chi connectivity index (χ1n) is 6.25. The largest absolute Gasteiger partial charge is 0.394 e. The zero-order chi connectivity index (χ0) is 14.6. The van der Waals surface area contributed by atoms with Crippen molar-refractivity contribution in [2.45, 2.75) is 26.8 Å². The molecule has 1 aromatic rings. The Morgan fingerprint density at radius 3 is 2.68 bits per heavy atom. The lowest BCUT2D eigenvalue weighted by atomic mass is 10.2. The van der Waals surface area contributed by atoms with Gasteiger partial charge in [-0.2, -0.15) is 0 Å². The second kappa shape index (κ2) is 6.72. The summed E-state index contributed by atoms with van der Waals surface area (Å²) in [5.41, 5.74) is 5.78. The van der Waals surface area contributed by atoms with E-state index in [1.54, 1.807) is 14.0 Å². The van der Waals surface area contributed by atoms with E-state index in [9.17, 15) is 4.79 Å². The Bertz CT molecular complexity index is 433. The van der Waals surface area contributed by atoms with Gasteiger partial charge in [-0.15, -0.1) is 0 Å². The van der Waals surface area contributed by atoms with E-state index in [1.807, 2.05) is 0 Å². The molecule has 0 aliphatic heterocycles. The van der Waals surface area contributed by atoms with Crippen molar-refractivity contribution in [3.8, 4) is 0 Å². The van der Waals surface area contributed by atoms with Crippen molar-refractivity contribution < 1.29 is 9.90 Å². The number of nitrogens with zero attached hydrogens (tertiary/aromatic N) is 2. The Labute approximate surface area is 117 Å². The van der Waals surface area contributed by atoms with Gasteiger partial charge in [0.05, 0.1) is 12.6 Å². The molecule has 0 bridgehead atoms. The monoisotopic (exact) mass is 286 g/mol. The normalized spacial score (nSPS) is 12.5. The number of likely N-dealkylation sites (N-methyl/N-ethyl adjacent to an activating group) is 1. The molecule has 108 valence electrons. The predicted molar refractivity (Wildman–Crippen MR) is 78.5 cm³/mol. The SMILES string of the molecule is CC(C)CNc1nc(N)c(C(=O)N(C)C(C)CO)s1. The first-order valence-corrected chi connectivity index (χ1v) is 7.06. The highest BCUT2D eigenvalue weighted by molar-refractivity contribution is 7.18. The second-order valence-corrected chi connectivity index (χ2v) is 5.95. The summed E-state index contributed by atoms with van der Waals surface area (Å²) in [6.07, 6.45) is 0. The number of aromatic nitrogens is 1. The second-order valence-electron chi connectivity index (χ2n) is 4.96. The molecule has 0 fully saturated rings. The van der Waals surface area contributed by atoms with Gasteiger partial charge < -0.3 is 21.1 Å². The number of hydrogen-bond acceptors (Lipinski definition) is 6. The number of hydrogen-bond donors (Lipinski definition) is 3. The van der Waals surface area contributed by atoms with Gasteiger partial charge in [-0.1, -0.05) is 25.2 Å². The van der Waals surface area contributed by atoms with Gasteiger partial charge in [-0.05, 0) is 12.8 Å². The summed E-state index contributed by atoms with van der Waals surface area (Å²) in [6, 6.07) is -0.249. The van der Waals surface area contributed by atoms with E-state index in [2.05, 4.69) is 24.1 Å². The van der Waals surface area contributed by atoms with E-state index in [-0.39, 0.29) is 24.4 Å². The van der Waals surface area contributed by atoms with E-state index in [1.165, 1.54) is 16.2 Å². The highest BCUT2D eigenvalue weighted by Gasteiger charge is 2.22. The summed E-state index contributed by atoms with van der Waals surface area (Å²) in [5, 5.41) is 12.9. The summed E-state index contributed by atoms with van der Waals surface area (Å²) < 4.78 is 0. The minimum Gasteiger partial charge on any atom is -0.394 e. The predicted octanol–water partition coefficient (Wildman–Crippen LogP) is 1.25. The molecular formula is C12H22N4O2S. The number of amides is 1. The molecule has 19 heavy (non-hydrogen) atoms. The van der Waals surface area contributed by atoms with Crippen molar-refractivity contribution in [2.24, 2.45) is 5.92 Å². The van der Waals surface area contributed by atoms with Crippen LogP contribution in [0, 0.1) is 5.92 Å². The van der Waals surface area contributed by atoms with Crippen LogP contribution in [0.2, 0.25) is 0 Å². The fraction of sp³-hybridized carbons (Fsp3) is 0.667. The Balaban J connectivity index is 2.80. The first-order chi connectivity index (χ1) is 8.86. The lowest BCUT2D eigenvalue weighted by molar-refractivity contribution is 0.0688. The van der Waals surface area contributed by atoms with Crippen LogP contribution in [0.4, 0.5) is 10.9 Å². The third kappa shape index (κ3) is 4.07. The highest BCUT2D eigenvalue weighted by Crippen LogP contribution is 2.26. The van der Waals surface area contributed by atoms with Crippen molar-refractivity contribution in [1.82, 2.24) is 9.88 Å². The van der Waals surface area contributed by atoms with E-state index in [0.29, 0.717) is 15.9 Å². The zero-order valence-electron chi connectivity index (χ0n) is 11.8. The molecule has 6 nitrogen and oxygen atoms in total. The number of carbonyl (C=O) groups is 1. The molecule has 1 atom stereocenters. The maximum Gasteiger partial charge on any atom is 0.267 e. The average Bonchev–Trinajstić information content (AvgIpc) is 2.74. The maximum absolute atomic E-state index is 12.2. The van der Waals surface area contributed by atoms with Gasteiger partial charge in [0.2, 0.25) is 0 Å². The Kier molecular flexibility index (Phi) is 5.56. The fourth-order valence-corrected chi connectivity index (χ4v) is 2.21. The van der Waals surface area contributed by atoms with Gasteiger partial charge in [0, 0.05) is 13.6 Å². The molecule has 4 N–H and O–H groups in total. The zero-order valence-corrected chi connectivity index (χ0v) is 12.6. The van der Waals surface area contributed by atoms with Crippen LogP contribution >= 0.6 is 11.3 Å². The topological polar surface area (TPSA) is 91.5 Å². The first kappa shape index (κ1) is 15.7. The number of aliphatic hydroxyl groups excluding tert-OH is 1. The molecule has 0 saturated heterocycles. The molecule has 0 radical (unpaired) electrons. The van der Waals surface area contributed by atoms with Crippen LogP contribution in [0.25, 0.3) is 0 Å². The smallest absolute Gasteiger partial charge is 0.267 e. The lowest BCUT2D eigenvalue weighted by Gasteiger charge is -2.22. The van der Waals surface area contributed by atoms with Gasteiger partial charge in [0.1, 0.15) is 10.7 Å². The number of anilines is 2. The highest BCUT2D eigenvalue weighted by atomic mass is 32.1. The van der Waals surface area contributed by atoms with Crippen LogP contribution in [0.1, 0.15) is 30.4 Å². The quantitative estimate of drug-likeness (QED) is 0.732. The Morgan fingerprint density at radius 1 is 1.53 bits per heavy atom. The number of nitrogen functional groups attached to an aromatic ring is 1. The molecule has 1 rings (SSSR count). The van der Waals surface area contributed by atoms with Crippen molar-refractivity contribution in [3.63, 3.8) is 0 Å². The molecule has 1 aromatic heterocycles. The van der Waals surface area contributed by atoms with Gasteiger partial charge in [0.15, 0.2) is 5.13 Å². The van der Waals surface area contributed by atoms with E-state index >= 15 is 0 Å². The van der Waals surface area contributed by atoms with Gasteiger partial charge >= 0.3 is 0 Å². The molecule has 0 aliphatic carbocycles. The number of nitrogens with two attached hydrogens (primary N) is 1. The van der Waals surface area contributed by atoms with Crippen LogP contribution in [0.15, 0.2) is 0 Å². The minimum absolute atomic E-state index is 0.0839. The summed E-state index contributed by atoms with van der Waals surface area (Å²) in [6.45, 7) is 6.65. The Morgan fingerprint density at radius 2 is 2.16 bits per heavy atom. The molecule has 0 aliphatic rings. The Hall–Kier alpha value is -1.34. The third-order valence-electron chi connectivity index (χ3n) is 2.75. The van der Waals surface area contributed by atoms with Crippen LogP contribution in [-0.4, -0.2) is 47.1 Å². The van der Waals surface area contributed by atoms with Crippen LogP contribution in [0.5, 0.6) is 0 Å². The van der Waals surface area contributed by atoms with E-state index in [0.717, 1.165) is 6.54 Å². The summed E-state index contributed by atoms with van der Waals surface area (Å²) in [7, 11) is 1.64. The van der Waals surface area contributed by atoms with Gasteiger partial charge in [-0.3, -0.25) is 4.79 Å². The number of rotatable bonds is 6. The fourth-order valence-electron chi connectivity index (χ4n) is 1.34. The summed E-state index contributed by atoms with van der Waals surface area (Å²) in [4.78, 5) is 18.2. The maximum atomic E-state index is 12.2. The summed E-state index contributed by atoms with van der Waals surface area (Å²) >= 11 is 1.25. The molecule has 1 heterocycles. The summed E-state index contributed by atoms with van der Waals surface area (Å²) in [5.74, 6) is 0.508. The molecule has 0 spiro atoms. The van der Waals surface area contributed by atoms with Crippen molar-refractivity contribution in [3.05, 3.63) is 4.88 Å². The van der Waals surface area contributed by atoms with E-state index < -0.39 is 0 Å². The molecule has 7 heteroatoms. The van der Waals surface area contributed by atoms with Gasteiger partial charge in [-0.25, -0.2) is 4.98 Å². The minimum atomic E-state index is -0.249.